The summed E-state index contributed by atoms with van der Waals surface area (Å²) in [5.41, 5.74) is 1.42. The van der Waals surface area contributed by atoms with Crippen molar-refractivity contribution in [1.29, 1.82) is 0 Å². The molecule has 2 aromatic rings. The molecule has 0 aliphatic carbocycles. The van der Waals surface area contributed by atoms with Gasteiger partial charge in [-0.05, 0) is 77.6 Å². The van der Waals surface area contributed by atoms with Crippen molar-refractivity contribution < 1.29 is 64.7 Å². The van der Waals surface area contributed by atoms with Crippen LogP contribution in [0.25, 0.3) is 0 Å². The number of rotatable bonds is 26. The lowest BCUT2D eigenvalue weighted by Gasteiger charge is -2.33. The number of hydrogen-bond donors (Lipinski definition) is 6. The average molecular weight is 1050 g/mol. The molecule has 6 atom stereocenters. The molecule has 6 N–H and O–H groups in total. The van der Waals surface area contributed by atoms with E-state index in [2.05, 4.69) is 31.9 Å². The summed E-state index contributed by atoms with van der Waals surface area (Å²) in [6.07, 6.45) is -6.91. The highest BCUT2D eigenvalue weighted by molar-refractivity contribution is 5.94. The van der Waals surface area contributed by atoms with Crippen LogP contribution in [0.1, 0.15) is 63.5 Å². The first-order valence-corrected chi connectivity index (χ1v) is 24.6. The Balaban J connectivity index is 1.36. The number of nitrogens with one attached hydrogen (secondary N) is 6. The highest BCUT2D eigenvalue weighted by Gasteiger charge is 2.46. The quantitative estimate of drug-likeness (QED) is 0.0595. The number of amides is 8. The third-order valence-corrected chi connectivity index (χ3v) is 12.9. The molecule has 74 heavy (non-hydrogen) atoms. The first kappa shape index (κ1) is 60.0. The van der Waals surface area contributed by atoms with Crippen LogP contribution in [-0.4, -0.2) is 182 Å². The molecule has 24 heteroatoms. The van der Waals surface area contributed by atoms with E-state index in [1.807, 2.05) is 0 Å². The molecule has 0 radical (unpaired) electrons. The Labute approximate surface area is 426 Å². The van der Waals surface area contributed by atoms with Crippen LogP contribution in [0.15, 0.2) is 72.8 Å². The van der Waals surface area contributed by atoms with Crippen LogP contribution in [0.3, 0.4) is 0 Å². The SMILES string of the molecule is CN[C@@H](C)C(=O)N[C@@H](CC(=O)NC/C=C/CNC(=O)C[C@H](NC(=O)[C@H](C)NC)C(=O)N1CCC[C@H]1CN(CCc1ccccc1)C(=O)C(F)(F)F)C(=O)N1CCC[C@H]1CN(CCc1ccccc1)C(=O)C(F)(F)F. The average Bonchev–Trinajstić information content (AvgIpc) is 4.05. The van der Waals surface area contributed by atoms with Gasteiger partial charge in [0.15, 0.2) is 0 Å². The van der Waals surface area contributed by atoms with Gasteiger partial charge in [0.2, 0.25) is 35.4 Å². The summed E-state index contributed by atoms with van der Waals surface area (Å²) >= 11 is 0. The van der Waals surface area contributed by atoms with Crippen molar-refractivity contribution in [3.05, 3.63) is 83.9 Å². The zero-order chi connectivity index (χ0) is 54.6. The van der Waals surface area contributed by atoms with Gasteiger partial charge < -0.3 is 51.5 Å². The number of likely N-dealkylation sites (tertiary alicyclic amines) is 2. The molecule has 0 bridgehead atoms. The fourth-order valence-electron chi connectivity index (χ4n) is 8.55. The molecule has 0 spiro atoms. The van der Waals surface area contributed by atoms with E-state index in [4.69, 9.17) is 0 Å². The predicted molar refractivity (Wildman–Crippen MR) is 260 cm³/mol. The molecular weight excluding hydrogens is 983 g/mol. The van der Waals surface area contributed by atoms with Crippen LogP contribution in [0.5, 0.6) is 0 Å². The number of alkyl halides is 6. The van der Waals surface area contributed by atoms with E-state index in [1.165, 1.54) is 49.9 Å². The highest BCUT2D eigenvalue weighted by Crippen LogP contribution is 2.26. The summed E-state index contributed by atoms with van der Waals surface area (Å²) in [6, 6.07) is 11.2. The number of carbonyl (C=O) groups excluding carboxylic acids is 8. The third kappa shape index (κ3) is 18.7. The largest absolute Gasteiger partial charge is 0.471 e. The maximum atomic E-state index is 14.1. The van der Waals surface area contributed by atoms with Crippen LogP contribution in [0.2, 0.25) is 0 Å². The maximum absolute atomic E-state index is 14.1. The van der Waals surface area contributed by atoms with E-state index in [1.54, 1.807) is 60.7 Å². The van der Waals surface area contributed by atoms with Crippen molar-refractivity contribution in [3.8, 4) is 0 Å². The second kappa shape index (κ2) is 28.8. The van der Waals surface area contributed by atoms with Gasteiger partial charge in [0.05, 0.1) is 24.9 Å². The van der Waals surface area contributed by atoms with Gasteiger partial charge >= 0.3 is 24.2 Å². The summed E-state index contributed by atoms with van der Waals surface area (Å²) < 4.78 is 82.5. The Bertz CT molecular complexity index is 2090. The molecule has 0 unspecified atom stereocenters. The van der Waals surface area contributed by atoms with Crippen molar-refractivity contribution in [1.82, 2.24) is 51.5 Å². The lowest BCUT2D eigenvalue weighted by atomic mass is 10.1. The fourth-order valence-corrected chi connectivity index (χ4v) is 8.55. The van der Waals surface area contributed by atoms with Crippen LogP contribution in [0.4, 0.5) is 26.3 Å². The minimum Gasteiger partial charge on any atom is -0.353 e. The molecule has 0 aromatic heterocycles. The number of likely N-dealkylation sites (N-methyl/N-ethyl adjacent to an activating group) is 2. The molecule has 408 valence electrons. The molecule has 18 nitrogen and oxygen atoms in total. The first-order chi connectivity index (χ1) is 35.0. The monoisotopic (exact) mass is 1050 g/mol. The van der Waals surface area contributed by atoms with Gasteiger partial charge in [-0.3, -0.25) is 38.4 Å². The van der Waals surface area contributed by atoms with E-state index >= 15 is 0 Å². The van der Waals surface area contributed by atoms with Crippen molar-refractivity contribution in [2.45, 2.75) is 114 Å². The minimum absolute atomic E-state index is 0.108. The number of carbonyl (C=O) groups is 8. The summed E-state index contributed by atoms with van der Waals surface area (Å²) in [5, 5.41) is 15.8. The second-order valence-corrected chi connectivity index (χ2v) is 18.3. The molecule has 2 aliphatic rings. The van der Waals surface area contributed by atoms with E-state index in [0.29, 0.717) is 33.8 Å². The first-order valence-electron chi connectivity index (χ1n) is 24.6. The minimum atomic E-state index is -5.17. The number of nitrogens with zero attached hydrogens (tertiary/aromatic N) is 4. The third-order valence-electron chi connectivity index (χ3n) is 12.9. The van der Waals surface area contributed by atoms with E-state index in [0.717, 1.165) is 0 Å². The standard InChI is InChI=1S/C50H68F6N10O8/c1-33(57-3)43(69)61-39(45(71)65-25-13-19-37(65)31-63(47(73)49(51,52)53)27-21-35-15-7-5-8-16-35)29-41(67)59-23-11-12-24-60-42(68)30-40(62-44(70)34(2)58-4)46(72)66-26-14-20-38(66)32-64(48(74)50(54,55)56)28-22-36-17-9-6-10-18-36/h5-12,15-18,33-34,37-40,57-58H,13-14,19-32H2,1-4H3,(H,59,67)(H,60,68)(H,61,69)(H,62,70)/b12-11+/t33-,34-,37-,38-,39-,40-/m0/s1. The zero-order valence-corrected chi connectivity index (χ0v) is 42.0. The van der Waals surface area contributed by atoms with Crippen molar-refractivity contribution in [2.24, 2.45) is 0 Å². The molecular formula is C50H68F6N10O8. The zero-order valence-electron chi connectivity index (χ0n) is 42.0. The predicted octanol–water partition coefficient (Wildman–Crippen LogP) is 1.99. The highest BCUT2D eigenvalue weighted by atomic mass is 19.4. The second-order valence-electron chi connectivity index (χ2n) is 18.3. The van der Waals surface area contributed by atoms with E-state index in [-0.39, 0.29) is 65.0 Å². The number of halogens is 6. The summed E-state index contributed by atoms with van der Waals surface area (Å²) in [7, 11) is 3.01. The van der Waals surface area contributed by atoms with Gasteiger partial charge in [-0.25, -0.2) is 0 Å². The van der Waals surface area contributed by atoms with E-state index < -0.39 is 122 Å². The summed E-state index contributed by atoms with van der Waals surface area (Å²) in [6.45, 7) is 1.63. The number of hydrogen-bond acceptors (Lipinski definition) is 10. The van der Waals surface area contributed by atoms with Gasteiger partial charge in [0, 0.05) is 64.4 Å². The van der Waals surface area contributed by atoms with Crippen LogP contribution in [0, 0.1) is 0 Å². The molecule has 2 heterocycles. The molecule has 8 amide bonds. The normalized spacial score (nSPS) is 17.5. The Kier molecular flexibility index (Phi) is 23.3. The molecule has 2 saturated heterocycles. The molecule has 2 aliphatic heterocycles. The maximum Gasteiger partial charge on any atom is 0.471 e. The lowest BCUT2D eigenvalue weighted by molar-refractivity contribution is -0.186. The van der Waals surface area contributed by atoms with Gasteiger partial charge in [-0.1, -0.05) is 72.8 Å². The van der Waals surface area contributed by atoms with E-state index in [9.17, 15) is 64.7 Å². The van der Waals surface area contributed by atoms with Crippen LogP contribution >= 0.6 is 0 Å². The lowest BCUT2D eigenvalue weighted by Crippen LogP contribution is -2.56. The van der Waals surface area contributed by atoms with Crippen LogP contribution in [-0.2, 0) is 51.2 Å². The van der Waals surface area contributed by atoms with Gasteiger partial charge in [-0.15, -0.1) is 0 Å². The Morgan fingerprint density at radius 3 is 1.27 bits per heavy atom. The van der Waals surface area contributed by atoms with Crippen molar-refractivity contribution in [3.63, 3.8) is 0 Å². The molecule has 4 rings (SSSR count). The van der Waals surface area contributed by atoms with Gasteiger partial charge in [0.25, 0.3) is 0 Å². The van der Waals surface area contributed by atoms with Crippen molar-refractivity contribution in [2.75, 3.05) is 66.5 Å². The summed E-state index contributed by atoms with van der Waals surface area (Å²) in [5.74, 6) is -8.15. The Morgan fingerprint density at radius 2 is 0.946 bits per heavy atom. The topological polar surface area (TPSA) is 222 Å². The smallest absolute Gasteiger partial charge is 0.353 e. The Morgan fingerprint density at radius 1 is 0.595 bits per heavy atom. The Hall–Kier alpha value is -6.56. The van der Waals surface area contributed by atoms with Crippen molar-refractivity contribution >= 4 is 47.3 Å². The van der Waals surface area contributed by atoms with Gasteiger partial charge in [-0.2, -0.15) is 26.3 Å². The fraction of sp³-hybridized carbons (Fsp3) is 0.560. The molecule has 0 saturated carbocycles. The summed E-state index contributed by atoms with van der Waals surface area (Å²) in [4.78, 5) is 110. The number of benzene rings is 2. The molecule has 2 aromatic carbocycles. The van der Waals surface area contributed by atoms with Crippen LogP contribution < -0.4 is 31.9 Å². The molecule has 2 fully saturated rings. The van der Waals surface area contributed by atoms with Gasteiger partial charge in [0.1, 0.15) is 12.1 Å².